The summed E-state index contributed by atoms with van der Waals surface area (Å²) in [4.78, 5) is 0. The van der Waals surface area contributed by atoms with Crippen LogP contribution in [0.4, 0.5) is 0 Å². The van der Waals surface area contributed by atoms with Crippen molar-refractivity contribution in [1.82, 2.24) is 0 Å². The lowest BCUT2D eigenvalue weighted by molar-refractivity contribution is 0.487. The first-order valence-corrected chi connectivity index (χ1v) is 17.3. The van der Waals surface area contributed by atoms with Gasteiger partial charge in [-0.25, -0.2) is 0 Å². The van der Waals surface area contributed by atoms with Gasteiger partial charge in [0.1, 0.15) is 11.5 Å². The molecule has 0 amide bonds. The van der Waals surface area contributed by atoms with E-state index >= 15 is 0 Å². The van der Waals surface area contributed by atoms with E-state index in [0.717, 1.165) is 44.5 Å². The molecule has 0 N–H and O–H groups in total. The van der Waals surface area contributed by atoms with Crippen LogP contribution in [0.15, 0.2) is 164 Å². The van der Waals surface area contributed by atoms with E-state index in [-0.39, 0.29) is 0 Å². The molecule has 0 bridgehead atoms. The van der Waals surface area contributed by atoms with Crippen molar-refractivity contribution in [1.29, 1.82) is 5.26 Å². The molecule has 0 aliphatic carbocycles. The Morgan fingerprint density at radius 1 is 0.353 bits per heavy atom. The number of nitriles is 1. The lowest BCUT2D eigenvalue weighted by atomic mass is 9.87. The topological polar surface area (TPSA) is 33.0 Å². The molecule has 1 heterocycles. The van der Waals surface area contributed by atoms with Gasteiger partial charge in [0.05, 0.1) is 11.6 Å². The van der Waals surface area contributed by atoms with Crippen molar-refractivity contribution in [2.75, 3.05) is 0 Å². The van der Waals surface area contributed by atoms with Crippen LogP contribution in [-0.4, -0.2) is 0 Å². The quantitative estimate of drug-likeness (QED) is 0.179. The Bertz CT molecular complexity index is 3110. The molecule has 10 aromatic rings. The number of benzene rings is 10. The van der Waals surface area contributed by atoms with Gasteiger partial charge < -0.3 is 4.74 Å². The van der Waals surface area contributed by atoms with Gasteiger partial charge >= 0.3 is 0 Å². The van der Waals surface area contributed by atoms with Crippen LogP contribution in [0.2, 0.25) is 0 Å². The van der Waals surface area contributed by atoms with Crippen molar-refractivity contribution >= 4 is 53.9 Å². The first kappa shape index (κ1) is 27.9. The van der Waals surface area contributed by atoms with Crippen molar-refractivity contribution in [3.63, 3.8) is 0 Å². The first-order chi connectivity index (χ1) is 25.2. The molecule has 0 spiro atoms. The smallest absolute Gasteiger partial charge is 0.135 e. The summed E-state index contributed by atoms with van der Waals surface area (Å²) in [6.45, 7) is 0. The minimum atomic E-state index is 0.662. The molecule has 11 rings (SSSR count). The van der Waals surface area contributed by atoms with Gasteiger partial charge in [-0.15, -0.1) is 0 Å². The second kappa shape index (κ2) is 10.5. The molecule has 0 atom stereocenters. The molecular weight excluding hydrogens is 619 g/mol. The Balaban J connectivity index is 0.994. The summed E-state index contributed by atoms with van der Waals surface area (Å²) in [6, 6.07) is 61.2. The van der Waals surface area contributed by atoms with E-state index in [0.29, 0.717) is 5.56 Å². The summed E-state index contributed by atoms with van der Waals surface area (Å²) in [5, 5.41) is 21.8. The molecule has 0 fully saturated rings. The van der Waals surface area contributed by atoms with Crippen molar-refractivity contribution in [2.24, 2.45) is 0 Å². The summed E-state index contributed by atoms with van der Waals surface area (Å²) in [7, 11) is 0. The fourth-order valence-corrected chi connectivity index (χ4v) is 8.41. The maximum Gasteiger partial charge on any atom is 0.135 e. The van der Waals surface area contributed by atoms with Crippen LogP contribution in [0.3, 0.4) is 0 Å². The molecule has 0 unspecified atom stereocenters. The summed E-state index contributed by atoms with van der Waals surface area (Å²) >= 11 is 0. The third-order valence-corrected chi connectivity index (χ3v) is 10.9. The molecule has 234 valence electrons. The highest BCUT2D eigenvalue weighted by molar-refractivity contribution is 6.27. The zero-order chi connectivity index (χ0) is 33.6. The standard InChI is InChI=1S/C49H27NO/c50-28-37-19-25-44-41-22-18-35(27-46(41)51-45-7-3-6-40(37)49(44)45)30-8-11-31(12-9-30)38-20-14-32-17-24-43-39(21-15-33-16-23-42(38)47(32)48(33)43)36-13-10-29-4-1-2-5-34(29)26-36/h1-27H. The molecule has 51 heavy (non-hydrogen) atoms. The first-order valence-electron chi connectivity index (χ1n) is 17.3. The van der Waals surface area contributed by atoms with Crippen LogP contribution in [0.1, 0.15) is 5.56 Å². The number of hydrogen-bond acceptors (Lipinski definition) is 2. The van der Waals surface area contributed by atoms with Crippen LogP contribution >= 0.6 is 0 Å². The average molecular weight is 646 g/mol. The van der Waals surface area contributed by atoms with Gasteiger partial charge in [0.25, 0.3) is 0 Å². The van der Waals surface area contributed by atoms with Crippen LogP contribution in [0.5, 0.6) is 11.5 Å². The minimum Gasteiger partial charge on any atom is -0.456 e. The zero-order valence-electron chi connectivity index (χ0n) is 27.4. The summed E-state index contributed by atoms with van der Waals surface area (Å²) in [5.74, 6) is 1.62. The lowest BCUT2D eigenvalue weighted by Crippen LogP contribution is -1.98. The van der Waals surface area contributed by atoms with E-state index in [4.69, 9.17) is 4.74 Å². The SMILES string of the molecule is N#Cc1ccc2c3c(cccc13)Oc1cc(-c3ccc(-c4ccc5ccc6c(-c7ccc8ccccc8c7)ccc7ccc4c5c76)cc3)ccc1-2. The average Bonchev–Trinajstić information content (AvgIpc) is 3.19. The maximum atomic E-state index is 9.66. The van der Waals surface area contributed by atoms with Gasteiger partial charge in [-0.05, 0) is 112 Å². The van der Waals surface area contributed by atoms with Crippen LogP contribution < -0.4 is 4.74 Å². The van der Waals surface area contributed by atoms with E-state index in [1.807, 2.05) is 30.3 Å². The van der Waals surface area contributed by atoms with Crippen molar-refractivity contribution < 1.29 is 4.74 Å². The molecular formula is C49H27NO. The maximum absolute atomic E-state index is 9.66. The highest BCUT2D eigenvalue weighted by Crippen LogP contribution is 2.48. The Labute approximate surface area is 294 Å². The Kier molecular flexibility index (Phi) is 5.77. The zero-order valence-corrected chi connectivity index (χ0v) is 27.4. The molecule has 0 saturated heterocycles. The number of fused-ring (bicyclic) bond motifs is 3. The van der Waals surface area contributed by atoms with Gasteiger partial charge in [0.15, 0.2) is 0 Å². The number of nitrogens with zero attached hydrogens (tertiary/aromatic N) is 1. The minimum absolute atomic E-state index is 0.662. The Hall–Kier alpha value is -6.95. The van der Waals surface area contributed by atoms with Gasteiger partial charge in [-0.1, -0.05) is 133 Å². The van der Waals surface area contributed by atoms with Crippen LogP contribution in [0.25, 0.3) is 98.4 Å². The van der Waals surface area contributed by atoms with E-state index < -0.39 is 0 Å². The molecule has 0 aromatic heterocycles. The van der Waals surface area contributed by atoms with E-state index in [9.17, 15) is 5.26 Å². The Morgan fingerprint density at radius 3 is 1.73 bits per heavy atom. The summed E-state index contributed by atoms with van der Waals surface area (Å²) < 4.78 is 6.45. The highest BCUT2D eigenvalue weighted by Gasteiger charge is 2.22. The number of hydrogen-bond donors (Lipinski definition) is 0. The van der Waals surface area contributed by atoms with Crippen molar-refractivity contribution in [3.8, 4) is 62.1 Å². The summed E-state index contributed by atoms with van der Waals surface area (Å²) in [5.41, 5.74) is 9.96. The highest BCUT2D eigenvalue weighted by atomic mass is 16.5. The fourth-order valence-electron chi connectivity index (χ4n) is 8.41. The molecule has 0 saturated carbocycles. The van der Waals surface area contributed by atoms with Gasteiger partial charge in [0, 0.05) is 16.3 Å². The van der Waals surface area contributed by atoms with Crippen molar-refractivity contribution in [2.45, 2.75) is 0 Å². The molecule has 2 heteroatoms. The van der Waals surface area contributed by atoms with Gasteiger partial charge in [-0.3, -0.25) is 0 Å². The number of rotatable bonds is 3. The molecule has 2 nitrogen and oxygen atoms in total. The summed E-state index contributed by atoms with van der Waals surface area (Å²) in [6.07, 6.45) is 0. The normalized spacial score (nSPS) is 12.1. The fraction of sp³-hybridized carbons (Fsp3) is 0. The molecule has 1 aliphatic rings. The largest absolute Gasteiger partial charge is 0.456 e. The van der Waals surface area contributed by atoms with Gasteiger partial charge in [0.2, 0.25) is 0 Å². The van der Waals surface area contributed by atoms with Gasteiger partial charge in [-0.2, -0.15) is 5.26 Å². The third kappa shape index (κ3) is 4.10. The van der Waals surface area contributed by atoms with E-state index in [1.54, 1.807) is 0 Å². The molecule has 0 radical (unpaired) electrons. The Morgan fingerprint density at radius 2 is 0.961 bits per heavy atom. The number of ether oxygens (including phenoxy) is 1. The van der Waals surface area contributed by atoms with Crippen molar-refractivity contribution in [3.05, 3.63) is 169 Å². The molecule has 10 aromatic carbocycles. The van der Waals surface area contributed by atoms with Crippen LogP contribution in [-0.2, 0) is 0 Å². The predicted molar refractivity (Wildman–Crippen MR) is 212 cm³/mol. The predicted octanol–water partition coefficient (Wildman–Crippen LogP) is 13.5. The van der Waals surface area contributed by atoms with E-state index in [2.05, 4.69) is 140 Å². The second-order valence-corrected chi connectivity index (χ2v) is 13.6. The third-order valence-electron chi connectivity index (χ3n) is 10.9. The van der Waals surface area contributed by atoms with E-state index in [1.165, 1.54) is 65.3 Å². The molecule has 1 aliphatic heterocycles. The second-order valence-electron chi connectivity index (χ2n) is 13.6. The van der Waals surface area contributed by atoms with Crippen LogP contribution in [0, 0.1) is 11.3 Å². The monoisotopic (exact) mass is 645 g/mol. The lowest BCUT2D eigenvalue weighted by Gasteiger charge is -2.22.